The van der Waals surface area contributed by atoms with Crippen molar-refractivity contribution in [3.05, 3.63) is 0 Å². The van der Waals surface area contributed by atoms with Gasteiger partial charge in [-0.05, 0) is 6.42 Å². The Hall–Kier alpha value is -1.26. The molecule has 0 radical (unpaired) electrons. The Kier molecular flexibility index (Phi) is 12.9. The molecule has 0 aromatic carbocycles. The number of aliphatic carboxylic acids is 1. The second-order valence-electron chi connectivity index (χ2n) is 5.73. The lowest BCUT2D eigenvalue weighted by molar-refractivity contribution is -0.138. The molecule has 0 amide bonds. The van der Waals surface area contributed by atoms with Crippen molar-refractivity contribution in [1.29, 1.82) is 0 Å². The second kappa shape index (κ2) is 13.7. The van der Waals surface area contributed by atoms with Gasteiger partial charge in [-0.25, -0.2) is 9.79 Å². The van der Waals surface area contributed by atoms with E-state index in [0.717, 1.165) is 12.8 Å². The molecule has 1 atom stereocenters. The second-order valence-corrected chi connectivity index (χ2v) is 5.73. The van der Waals surface area contributed by atoms with Crippen LogP contribution in [-0.4, -0.2) is 23.1 Å². The van der Waals surface area contributed by atoms with E-state index >= 15 is 0 Å². The summed E-state index contributed by atoms with van der Waals surface area (Å²) in [5.74, 6) is -1.10. The minimum atomic E-state index is -0.949. The average molecular weight is 299 g/mol. The zero-order valence-electron chi connectivity index (χ0n) is 13.5. The van der Waals surface area contributed by atoms with Crippen molar-refractivity contribution in [3.8, 4) is 0 Å². The van der Waals surface area contributed by atoms with E-state index in [1.54, 1.807) is 0 Å². The van der Waals surface area contributed by atoms with Gasteiger partial charge in [0.1, 0.15) is 0 Å². The van der Waals surface area contributed by atoms with Crippen LogP contribution in [-0.2, 0) is 4.79 Å². The van der Waals surface area contributed by atoms with Gasteiger partial charge in [0, 0.05) is 0 Å². The molecule has 5 nitrogen and oxygen atoms in total. The highest BCUT2D eigenvalue weighted by atomic mass is 16.4. The monoisotopic (exact) mass is 299 g/mol. The lowest BCUT2D eigenvalue weighted by Gasteiger charge is -2.07. The summed E-state index contributed by atoms with van der Waals surface area (Å²) in [4.78, 5) is 14.7. The van der Waals surface area contributed by atoms with Crippen molar-refractivity contribution >= 4 is 11.9 Å². The Bertz CT molecular complexity index is 289. The minimum absolute atomic E-state index is 0.148. The molecule has 0 bridgehead atoms. The van der Waals surface area contributed by atoms with E-state index in [1.807, 2.05) is 0 Å². The van der Waals surface area contributed by atoms with Gasteiger partial charge in [-0.15, -0.1) is 0 Å². The van der Waals surface area contributed by atoms with Crippen LogP contribution in [0.4, 0.5) is 0 Å². The van der Waals surface area contributed by atoms with Gasteiger partial charge < -0.3 is 16.6 Å². The molecule has 0 spiro atoms. The standard InChI is InChI=1S/C16H33N3O2/c1-2-3-4-5-6-7-8-9-10-11-12-13-14(15(20)21)19-16(17)18/h14H,2-13H2,1H3,(H,20,21)(H4,17,18,19). The third-order valence-corrected chi connectivity index (χ3v) is 3.67. The zero-order chi connectivity index (χ0) is 15.9. The number of carboxylic acid groups (broad SMARTS) is 1. The maximum absolute atomic E-state index is 10.9. The molecule has 0 aromatic heterocycles. The predicted octanol–water partition coefficient (Wildman–Crippen LogP) is 3.41. The topological polar surface area (TPSA) is 102 Å². The summed E-state index contributed by atoms with van der Waals surface area (Å²) in [7, 11) is 0. The van der Waals surface area contributed by atoms with E-state index < -0.39 is 12.0 Å². The number of carboxylic acids is 1. The van der Waals surface area contributed by atoms with Crippen molar-refractivity contribution in [1.82, 2.24) is 0 Å². The van der Waals surface area contributed by atoms with E-state index in [9.17, 15) is 4.79 Å². The highest BCUT2D eigenvalue weighted by Crippen LogP contribution is 2.13. The fraction of sp³-hybridized carbons (Fsp3) is 0.875. The summed E-state index contributed by atoms with van der Waals surface area (Å²) in [6, 6.07) is -0.784. The number of nitrogens with zero attached hydrogens (tertiary/aromatic N) is 1. The molecule has 0 aliphatic heterocycles. The molecule has 0 heterocycles. The molecule has 0 aliphatic carbocycles. The Morgan fingerprint density at radius 2 is 1.33 bits per heavy atom. The molecule has 124 valence electrons. The summed E-state index contributed by atoms with van der Waals surface area (Å²) in [5, 5.41) is 8.97. The molecular formula is C16H33N3O2. The fourth-order valence-electron chi connectivity index (χ4n) is 2.43. The maximum Gasteiger partial charge on any atom is 0.328 e. The van der Waals surface area contributed by atoms with E-state index in [-0.39, 0.29) is 5.96 Å². The SMILES string of the molecule is CCCCCCCCCCCCCC(N=C(N)N)C(=O)O. The average Bonchev–Trinajstić information content (AvgIpc) is 2.42. The molecule has 0 fully saturated rings. The summed E-state index contributed by atoms with van der Waals surface area (Å²) in [6.07, 6.45) is 14.2. The molecule has 5 heteroatoms. The van der Waals surface area contributed by atoms with Crippen LogP contribution in [0.5, 0.6) is 0 Å². The Labute approximate surface area is 129 Å². The Balaban J connectivity index is 3.42. The number of rotatable bonds is 14. The number of carbonyl (C=O) groups is 1. The number of guanidine groups is 1. The third-order valence-electron chi connectivity index (χ3n) is 3.67. The molecule has 0 rings (SSSR count). The van der Waals surface area contributed by atoms with E-state index in [0.29, 0.717) is 6.42 Å². The first kappa shape index (κ1) is 19.7. The lowest BCUT2D eigenvalue weighted by Crippen LogP contribution is -2.28. The van der Waals surface area contributed by atoms with E-state index in [4.69, 9.17) is 16.6 Å². The summed E-state index contributed by atoms with van der Waals surface area (Å²) in [6.45, 7) is 2.24. The number of nitrogens with two attached hydrogens (primary N) is 2. The normalized spacial score (nSPS) is 12.0. The molecular weight excluding hydrogens is 266 g/mol. The zero-order valence-corrected chi connectivity index (χ0v) is 13.5. The van der Waals surface area contributed by atoms with Gasteiger partial charge in [-0.3, -0.25) is 0 Å². The van der Waals surface area contributed by atoms with E-state index in [2.05, 4.69) is 11.9 Å². The van der Waals surface area contributed by atoms with Gasteiger partial charge >= 0.3 is 5.97 Å². The molecule has 0 aromatic rings. The van der Waals surface area contributed by atoms with Crippen LogP contribution in [0.25, 0.3) is 0 Å². The van der Waals surface area contributed by atoms with Crippen molar-refractivity contribution in [3.63, 3.8) is 0 Å². The van der Waals surface area contributed by atoms with Gasteiger partial charge in [0.2, 0.25) is 0 Å². The first-order valence-electron chi connectivity index (χ1n) is 8.39. The van der Waals surface area contributed by atoms with Crippen LogP contribution in [0.2, 0.25) is 0 Å². The summed E-state index contributed by atoms with van der Waals surface area (Å²) < 4.78 is 0. The number of unbranched alkanes of at least 4 members (excludes halogenated alkanes) is 10. The number of hydrogen-bond donors (Lipinski definition) is 3. The van der Waals surface area contributed by atoms with Crippen molar-refractivity contribution < 1.29 is 9.90 Å². The Morgan fingerprint density at radius 1 is 0.905 bits per heavy atom. The van der Waals surface area contributed by atoms with Crippen molar-refractivity contribution in [2.24, 2.45) is 16.5 Å². The van der Waals surface area contributed by atoms with Crippen LogP contribution in [0.1, 0.15) is 84.0 Å². The summed E-state index contributed by atoms with van der Waals surface area (Å²) in [5.41, 5.74) is 10.4. The Morgan fingerprint density at radius 3 is 1.71 bits per heavy atom. The maximum atomic E-state index is 10.9. The van der Waals surface area contributed by atoms with Crippen molar-refractivity contribution in [2.75, 3.05) is 0 Å². The predicted molar refractivity (Wildman–Crippen MR) is 88.3 cm³/mol. The quantitative estimate of drug-likeness (QED) is 0.260. The van der Waals surface area contributed by atoms with Gasteiger partial charge in [0.05, 0.1) is 0 Å². The van der Waals surface area contributed by atoms with Gasteiger partial charge in [-0.1, -0.05) is 77.6 Å². The molecule has 0 saturated carbocycles. The van der Waals surface area contributed by atoms with E-state index in [1.165, 1.54) is 57.8 Å². The van der Waals surface area contributed by atoms with Gasteiger partial charge in [0.25, 0.3) is 0 Å². The van der Waals surface area contributed by atoms with Gasteiger partial charge in [0.15, 0.2) is 12.0 Å². The summed E-state index contributed by atoms with van der Waals surface area (Å²) >= 11 is 0. The third kappa shape index (κ3) is 13.5. The largest absolute Gasteiger partial charge is 0.480 e. The first-order chi connectivity index (χ1) is 10.1. The molecule has 0 aliphatic rings. The smallest absolute Gasteiger partial charge is 0.328 e. The van der Waals surface area contributed by atoms with Crippen LogP contribution in [0.15, 0.2) is 4.99 Å². The number of aliphatic imine (C=N–C) groups is 1. The highest BCUT2D eigenvalue weighted by Gasteiger charge is 2.15. The van der Waals surface area contributed by atoms with Crippen LogP contribution >= 0.6 is 0 Å². The fourth-order valence-corrected chi connectivity index (χ4v) is 2.43. The van der Waals surface area contributed by atoms with Crippen LogP contribution in [0, 0.1) is 0 Å². The highest BCUT2D eigenvalue weighted by molar-refractivity contribution is 5.81. The molecule has 5 N–H and O–H groups in total. The molecule has 1 unspecified atom stereocenters. The van der Waals surface area contributed by atoms with Gasteiger partial charge in [-0.2, -0.15) is 0 Å². The van der Waals surface area contributed by atoms with Crippen molar-refractivity contribution in [2.45, 2.75) is 90.0 Å². The minimum Gasteiger partial charge on any atom is -0.480 e. The first-order valence-corrected chi connectivity index (χ1v) is 8.39. The number of hydrogen-bond acceptors (Lipinski definition) is 2. The lowest BCUT2D eigenvalue weighted by atomic mass is 10.0. The van der Waals surface area contributed by atoms with Crippen LogP contribution in [0.3, 0.4) is 0 Å². The molecule has 21 heavy (non-hydrogen) atoms. The van der Waals surface area contributed by atoms with Crippen LogP contribution < -0.4 is 11.5 Å². The molecule has 0 saturated heterocycles.